The van der Waals surface area contributed by atoms with Crippen LogP contribution >= 0.6 is 18.2 Å². The molecule has 4 nitrogen and oxygen atoms in total. The number of ether oxygens (including phenoxy) is 1. The van der Waals surface area contributed by atoms with E-state index in [0.29, 0.717) is 13.2 Å². The van der Waals surface area contributed by atoms with Crippen molar-refractivity contribution in [2.24, 2.45) is 0 Å². The van der Waals surface area contributed by atoms with Gasteiger partial charge in [0, 0.05) is 21.6 Å². The Morgan fingerprint density at radius 2 is 1.44 bits per heavy atom. The van der Waals surface area contributed by atoms with Crippen LogP contribution < -0.4 is 4.74 Å². The molecule has 4 rings (SSSR count). The molecule has 0 unspecified atom stereocenters. The second-order valence-corrected chi connectivity index (χ2v) is 11.4. The SMILES string of the molecule is CCOP(=O)(OCC)SC1=CC(c2ccccc2)(c2ccccc2)Oc2ccc(C)cc21. The van der Waals surface area contributed by atoms with Crippen molar-refractivity contribution < 1.29 is 18.3 Å². The zero-order valence-electron chi connectivity index (χ0n) is 18.5. The molecule has 0 N–H and O–H groups in total. The third kappa shape index (κ3) is 4.57. The van der Waals surface area contributed by atoms with Gasteiger partial charge in [0.1, 0.15) is 5.75 Å². The normalized spacial score (nSPS) is 14.9. The quantitative estimate of drug-likeness (QED) is 0.320. The molecule has 32 heavy (non-hydrogen) atoms. The molecular weight excluding hydrogens is 439 g/mol. The van der Waals surface area contributed by atoms with Gasteiger partial charge in [0.15, 0.2) is 5.60 Å². The van der Waals surface area contributed by atoms with Gasteiger partial charge in [-0.25, -0.2) is 4.57 Å². The minimum atomic E-state index is -3.41. The number of hydrogen-bond acceptors (Lipinski definition) is 5. The maximum absolute atomic E-state index is 13.5. The van der Waals surface area contributed by atoms with Crippen LogP contribution in [0.1, 0.15) is 36.1 Å². The standard InChI is InChI=1S/C26H27O4PS/c1-4-28-31(27,29-5-2)32-25-19-26(21-12-8-6-9-13-21,22-14-10-7-11-15-22)30-24-17-16-20(3)18-23(24)25/h6-19H,4-5H2,1-3H3. The van der Waals surface area contributed by atoms with E-state index in [4.69, 9.17) is 13.8 Å². The first kappa shape index (κ1) is 22.9. The van der Waals surface area contributed by atoms with Crippen LogP contribution in [0.4, 0.5) is 0 Å². The van der Waals surface area contributed by atoms with Crippen LogP contribution in [0.2, 0.25) is 0 Å². The van der Waals surface area contributed by atoms with Gasteiger partial charge in [-0.15, -0.1) is 0 Å². The molecule has 0 spiro atoms. The van der Waals surface area contributed by atoms with Crippen LogP contribution in [0.5, 0.6) is 5.75 Å². The fourth-order valence-electron chi connectivity index (χ4n) is 3.82. The summed E-state index contributed by atoms with van der Waals surface area (Å²) < 4.78 is 31.5. The van der Waals surface area contributed by atoms with Gasteiger partial charge in [-0.2, -0.15) is 0 Å². The highest BCUT2D eigenvalue weighted by Crippen LogP contribution is 2.67. The lowest BCUT2D eigenvalue weighted by atomic mass is 9.83. The van der Waals surface area contributed by atoms with Gasteiger partial charge in [0.25, 0.3) is 0 Å². The van der Waals surface area contributed by atoms with Gasteiger partial charge in [0.05, 0.1) is 13.2 Å². The van der Waals surface area contributed by atoms with E-state index >= 15 is 0 Å². The molecule has 0 fully saturated rings. The van der Waals surface area contributed by atoms with E-state index in [0.717, 1.165) is 44.3 Å². The Balaban J connectivity index is 1.95. The number of aryl methyl sites for hydroxylation is 1. The molecule has 166 valence electrons. The van der Waals surface area contributed by atoms with Crippen molar-refractivity contribution in [3.63, 3.8) is 0 Å². The number of hydrogen-bond donors (Lipinski definition) is 0. The molecule has 0 saturated carbocycles. The first-order valence-electron chi connectivity index (χ1n) is 10.7. The Bertz CT molecular complexity index is 1100. The van der Waals surface area contributed by atoms with Crippen LogP contribution in [0.25, 0.3) is 4.91 Å². The minimum absolute atomic E-state index is 0.303. The summed E-state index contributed by atoms with van der Waals surface area (Å²) in [4.78, 5) is 0.813. The summed E-state index contributed by atoms with van der Waals surface area (Å²) >= 11 is 1.15. The smallest absolute Gasteiger partial charge is 0.393 e. The lowest BCUT2D eigenvalue weighted by Gasteiger charge is -2.38. The Morgan fingerprint density at radius 1 is 0.875 bits per heavy atom. The van der Waals surface area contributed by atoms with E-state index in [2.05, 4.69) is 36.4 Å². The molecule has 0 radical (unpaired) electrons. The molecule has 3 aromatic rings. The average molecular weight is 467 g/mol. The van der Waals surface area contributed by atoms with E-state index < -0.39 is 12.4 Å². The second-order valence-electron chi connectivity index (χ2n) is 7.45. The van der Waals surface area contributed by atoms with Gasteiger partial charge < -0.3 is 13.8 Å². The number of rotatable bonds is 8. The lowest BCUT2D eigenvalue weighted by Crippen LogP contribution is -2.35. The zero-order valence-corrected chi connectivity index (χ0v) is 20.2. The molecule has 1 aliphatic rings. The Labute approximate surface area is 193 Å². The third-order valence-electron chi connectivity index (χ3n) is 5.20. The fraction of sp³-hybridized carbons (Fsp3) is 0.231. The number of fused-ring (bicyclic) bond motifs is 1. The highest BCUT2D eigenvalue weighted by molar-refractivity contribution is 8.59. The van der Waals surface area contributed by atoms with E-state index in [1.54, 1.807) is 0 Å². The van der Waals surface area contributed by atoms with E-state index in [1.165, 1.54) is 0 Å². The molecule has 1 aliphatic heterocycles. The first-order chi connectivity index (χ1) is 15.5. The van der Waals surface area contributed by atoms with Crippen molar-refractivity contribution in [1.82, 2.24) is 0 Å². The van der Waals surface area contributed by atoms with Gasteiger partial charge in [0.2, 0.25) is 0 Å². The van der Waals surface area contributed by atoms with Gasteiger partial charge in [-0.3, -0.25) is 0 Å². The molecule has 0 saturated heterocycles. The van der Waals surface area contributed by atoms with Crippen LogP contribution in [-0.2, 0) is 19.2 Å². The van der Waals surface area contributed by atoms with Crippen LogP contribution in [0.3, 0.4) is 0 Å². The summed E-state index contributed by atoms with van der Waals surface area (Å²) in [6.45, 7) is 2.87. The first-order valence-corrected chi connectivity index (χ1v) is 13.7. The van der Waals surface area contributed by atoms with Crippen molar-refractivity contribution in [1.29, 1.82) is 0 Å². The molecule has 6 heteroatoms. The molecule has 0 bridgehead atoms. The Hall–Kier alpha value is -2.30. The third-order valence-corrected chi connectivity index (χ3v) is 9.00. The van der Waals surface area contributed by atoms with Gasteiger partial charge in [-0.05, 0) is 50.4 Å². The zero-order chi connectivity index (χ0) is 22.6. The average Bonchev–Trinajstić information content (AvgIpc) is 2.80. The van der Waals surface area contributed by atoms with Crippen molar-refractivity contribution in [2.75, 3.05) is 13.2 Å². The maximum Gasteiger partial charge on any atom is 0.393 e. The molecule has 1 heterocycles. The van der Waals surface area contributed by atoms with Crippen molar-refractivity contribution in [3.05, 3.63) is 107 Å². The van der Waals surface area contributed by atoms with Gasteiger partial charge >= 0.3 is 6.80 Å². The summed E-state index contributed by atoms with van der Waals surface area (Å²) in [7, 11) is 0. The summed E-state index contributed by atoms with van der Waals surface area (Å²) in [5.41, 5.74) is 3.07. The minimum Gasteiger partial charge on any atom is -0.473 e. The molecule has 0 aliphatic carbocycles. The van der Waals surface area contributed by atoms with Crippen molar-refractivity contribution in [2.45, 2.75) is 26.4 Å². The highest BCUT2D eigenvalue weighted by Gasteiger charge is 2.41. The van der Waals surface area contributed by atoms with Crippen molar-refractivity contribution in [3.8, 4) is 5.75 Å². The summed E-state index contributed by atoms with van der Waals surface area (Å²) in [5, 5.41) is 0. The molecular formula is C26H27O4PS. The predicted octanol–water partition coefficient (Wildman–Crippen LogP) is 7.59. The lowest BCUT2D eigenvalue weighted by molar-refractivity contribution is 0.160. The topological polar surface area (TPSA) is 44.8 Å². The Kier molecular flexibility index (Phi) is 6.92. The van der Waals surface area contributed by atoms with Crippen LogP contribution in [-0.4, -0.2) is 13.2 Å². The fourth-order valence-corrected chi connectivity index (χ4v) is 7.47. The van der Waals surface area contributed by atoms with E-state index in [1.807, 2.05) is 69.3 Å². The summed E-state index contributed by atoms with van der Waals surface area (Å²) in [6.07, 6.45) is 2.05. The van der Waals surface area contributed by atoms with E-state index in [-0.39, 0.29) is 0 Å². The molecule has 0 aromatic heterocycles. The van der Waals surface area contributed by atoms with E-state index in [9.17, 15) is 4.57 Å². The highest BCUT2D eigenvalue weighted by atomic mass is 32.7. The monoisotopic (exact) mass is 466 g/mol. The summed E-state index contributed by atoms with van der Waals surface area (Å²) in [5.74, 6) is 0.729. The van der Waals surface area contributed by atoms with Crippen LogP contribution in [0.15, 0.2) is 84.9 Å². The largest absolute Gasteiger partial charge is 0.473 e. The molecule has 3 aromatic carbocycles. The van der Waals surface area contributed by atoms with Gasteiger partial charge in [-0.1, -0.05) is 72.3 Å². The Morgan fingerprint density at radius 3 is 1.97 bits per heavy atom. The second kappa shape index (κ2) is 9.68. The maximum atomic E-state index is 13.5. The molecule has 0 atom stereocenters. The summed E-state index contributed by atoms with van der Waals surface area (Å²) in [6, 6.07) is 26.2. The number of benzene rings is 3. The van der Waals surface area contributed by atoms with Crippen molar-refractivity contribution >= 4 is 23.1 Å². The predicted molar refractivity (Wildman–Crippen MR) is 132 cm³/mol. The van der Waals surface area contributed by atoms with Crippen LogP contribution in [0, 0.1) is 6.92 Å². The molecule has 0 amide bonds.